The molecule has 1 aliphatic rings. The summed E-state index contributed by atoms with van der Waals surface area (Å²) in [6, 6.07) is 0. The maximum atomic E-state index is 9.45. The van der Waals surface area contributed by atoms with Crippen molar-refractivity contribution in [3.63, 3.8) is 0 Å². The van der Waals surface area contributed by atoms with Gasteiger partial charge in [-0.2, -0.15) is 0 Å². The summed E-state index contributed by atoms with van der Waals surface area (Å²) in [5.41, 5.74) is 0. The second-order valence-corrected chi connectivity index (χ2v) is 14.8. The Kier molecular flexibility index (Phi) is 11.5. The summed E-state index contributed by atoms with van der Waals surface area (Å²) in [4.78, 5) is 9.45. The van der Waals surface area contributed by atoms with Gasteiger partial charge in [0.05, 0.1) is 0 Å². The van der Waals surface area contributed by atoms with E-state index in [1.54, 1.807) is 0 Å². The predicted molar refractivity (Wildman–Crippen MR) is 82.1 cm³/mol. The molecule has 1 rings (SSSR count). The van der Waals surface area contributed by atoms with E-state index in [9.17, 15) is 4.89 Å². The van der Waals surface area contributed by atoms with E-state index in [0.29, 0.717) is 11.8 Å². The molecule has 0 unspecified atom stereocenters. The zero-order valence-electron chi connectivity index (χ0n) is 11.5. The Balaban J connectivity index is 0.000000327. The van der Waals surface area contributed by atoms with Crippen molar-refractivity contribution in [3.05, 3.63) is 22.3 Å². The molecule has 5 heteroatoms. The summed E-state index contributed by atoms with van der Waals surface area (Å²) in [7, 11) is 10.8. The van der Waals surface area contributed by atoms with E-state index < -0.39 is 22.6 Å². The number of halogens is 2. The van der Waals surface area contributed by atoms with Gasteiger partial charge in [-0.25, -0.2) is 0 Å². The molecule has 0 aromatic heterocycles. The number of hydrogen-bond donors (Lipinski definition) is 1. The fourth-order valence-electron chi connectivity index (χ4n) is 1.42. The van der Waals surface area contributed by atoms with Gasteiger partial charge in [0.15, 0.2) is 0 Å². The third-order valence-electron chi connectivity index (χ3n) is 2.02. The van der Waals surface area contributed by atoms with Crippen molar-refractivity contribution in [1.82, 2.24) is 0 Å². The molecule has 0 spiro atoms. The molecule has 0 aliphatic heterocycles. The summed E-state index contributed by atoms with van der Waals surface area (Å²) in [6.45, 7) is 8.63. The van der Waals surface area contributed by atoms with Crippen LogP contribution in [0.25, 0.3) is 0 Å². The molecule has 0 aromatic rings. The topological polar surface area (TPSA) is 20.2 Å². The Bertz CT molecular complexity index is 268. The van der Waals surface area contributed by atoms with Crippen LogP contribution >= 0.6 is 27.3 Å². The van der Waals surface area contributed by atoms with Crippen molar-refractivity contribution in [2.45, 2.75) is 34.1 Å². The molecule has 0 atom stereocenters. The van der Waals surface area contributed by atoms with Crippen molar-refractivity contribution in [2.75, 3.05) is 12.3 Å². The molecule has 18 heavy (non-hydrogen) atoms. The summed E-state index contributed by atoms with van der Waals surface area (Å²) < 4.78 is 1.26. The van der Waals surface area contributed by atoms with Crippen LogP contribution in [0, 0.1) is 11.8 Å². The molecule has 1 N–H and O–H groups in total. The monoisotopic (exact) mass is 490 g/mol. The van der Waals surface area contributed by atoms with Gasteiger partial charge in [-0.05, 0) is 24.2 Å². The Morgan fingerprint density at radius 2 is 1.72 bits per heavy atom. The zero-order chi connectivity index (χ0) is 14.1. The molecule has 0 amide bonds. The Hall–Kier alpha value is 1.10. The third-order valence-corrected chi connectivity index (χ3v) is 9.03. The van der Waals surface area contributed by atoms with Crippen molar-refractivity contribution in [2.24, 2.45) is 11.8 Å². The molecule has 1 nitrogen and oxygen atoms in total. The van der Waals surface area contributed by atoms with E-state index in [1.165, 1.54) is 4.09 Å². The first-order valence-corrected chi connectivity index (χ1v) is 14.9. The molecule has 1 aliphatic carbocycles. The van der Waals surface area contributed by atoms with Crippen molar-refractivity contribution in [3.8, 4) is 0 Å². The molecule has 0 heterocycles. The number of rotatable bonds is 5. The van der Waals surface area contributed by atoms with Crippen LogP contribution in [0.1, 0.15) is 34.1 Å². The van der Waals surface area contributed by atoms with Crippen LogP contribution in [0.15, 0.2) is 22.3 Å². The first kappa shape index (κ1) is 19.1. The molecule has 0 saturated carbocycles. The zero-order valence-corrected chi connectivity index (χ0v) is 16.3. The van der Waals surface area contributed by atoms with Gasteiger partial charge in [-0.3, -0.25) is 0 Å². The minimum atomic E-state index is -1.71. The van der Waals surface area contributed by atoms with Crippen molar-refractivity contribution >= 4 is 27.3 Å². The van der Waals surface area contributed by atoms with Crippen LogP contribution in [0.5, 0.6) is 0 Å². The van der Waals surface area contributed by atoms with Crippen LogP contribution in [0.2, 0.25) is 0 Å². The Morgan fingerprint density at radius 3 is 1.94 bits per heavy atom. The first-order valence-electron chi connectivity index (χ1n) is 6.09. The van der Waals surface area contributed by atoms with Gasteiger partial charge in [0.25, 0.3) is 0 Å². The summed E-state index contributed by atoms with van der Waals surface area (Å²) in [5, 5.41) is 0. The van der Waals surface area contributed by atoms with Gasteiger partial charge in [0.2, 0.25) is 0 Å². The fourth-order valence-corrected chi connectivity index (χ4v) is 5.97. The van der Waals surface area contributed by atoms with Crippen LogP contribution in [0.3, 0.4) is 0 Å². The predicted octanol–water partition coefficient (Wildman–Crippen LogP) is 5.44. The number of hydrogen-bond acceptors (Lipinski definition) is 1. The maximum absolute atomic E-state index is 9.45. The standard InChI is InChI=1S/C8H19OP.C5H5.2ClH.Ir/c1-7(2)5-10(9)6-8(3)4;1-2-4-5-3-1;;;/h7-9H,5-6H2,1-4H3;1-3H,4H2;2*1H;/q;;;;+2/p-2. The SMILES string of the molecule is CC(C)CP(O)CC(C)C.[Cl][Ir]([Cl])[C]1=CC=CC1. The summed E-state index contributed by atoms with van der Waals surface area (Å²) in [5.74, 6) is 1.30. The van der Waals surface area contributed by atoms with E-state index in [4.69, 9.17) is 19.2 Å². The molecule has 0 fully saturated rings. The minimum absolute atomic E-state index is 0.648. The van der Waals surface area contributed by atoms with Crippen molar-refractivity contribution in [1.29, 1.82) is 0 Å². The second kappa shape index (κ2) is 10.8. The second-order valence-electron chi connectivity index (χ2n) is 5.05. The molecule has 0 bridgehead atoms. The summed E-state index contributed by atoms with van der Waals surface area (Å²) >= 11 is -1.71. The van der Waals surface area contributed by atoms with E-state index in [1.807, 2.05) is 12.2 Å². The number of allylic oxidation sites excluding steroid dienone is 4. The van der Waals surface area contributed by atoms with Gasteiger partial charge in [-0.1, -0.05) is 27.7 Å². The molecule has 0 saturated heterocycles. The Labute approximate surface area is 127 Å². The van der Waals surface area contributed by atoms with Crippen LogP contribution in [0.4, 0.5) is 0 Å². The van der Waals surface area contributed by atoms with Gasteiger partial charge >= 0.3 is 62.4 Å². The van der Waals surface area contributed by atoms with Gasteiger partial charge < -0.3 is 4.89 Å². The van der Waals surface area contributed by atoms with Gasteiger partial charge in [0.1, 0.15) is 0 Å². The van der Waals surface area contributed by atoms with E-state index in [0.717, 1.165) is 18.7 Å². The van der Waals surface area contributed by atoms with E-state index in [2.05, 4.69) is 33.8 Å². The third kappa shape index (κ3) is 11.0. The quantitative estimate of drug-likeness (QED) is 0.509. The van der Waals surface area contributed by atoms with Crippen LogP contribution in [-0.4, -0.2) is 17.2 Å². The van der Waals surface area contributed by atoms with E-state index >= 15 is 0 Å². The fraction of sp³-hybridized carbons (Fsp3) is 0.692. The average molecular weight is 490 g/mol. The normalized spacial score (nSPS) is 15.0. The van der Waals surface area contributed by atoms with Gasteiger partial charge in [0, 0.05) is 8.15 Å². The molecule has 0 aromatic carbocycles. The van der Waals surface area contributed by atoms with Crippen molar-refractivity contribution < 1.29 is 19.4 Å². The van der Waals surface area contributed by atoms with E-state index in [-0.39, 0.29) is 0 Å². The average Bonchev–Trinajstić information content (AvgIpc) is 2.67. The molecule has 0 radical (unpaired) electrons. The molecule has 110 valence electrons. The molecular formula is C13H24Cl2IrOP. The molecular weight excluding hydrogens is 466 g/mol. The van der Waals surface area contributed by atoms with Gasteiger partial charge in [-0.15, -0.1) is 0 Å². The Morgan fingerprint density at radius 1 is 1.22 bits per heavy atom. The first-order chi connectivity index (χ1) is 8.32. The van der Waals surface area contributed by atoms with Crippen LogP contribution in [-0.2, 0) is 14.5 Å². The van der Waals surface area contributed by atoms with Crippen LogP contribution < -0.4 is 0 Å². The summed E-state index contributed by atoms with van der Waals surface area (Å²) in [6.07, 6.45) is 9.11.